The molecular weight excluding hydrogens is 244 g/mol. The number of hydrogen-bond acceptors (Lipinski definition) is 4. The Bertz CT molecular complexity index is 476. The van der Waals surface area contributed by atoms with E-state index >= 15 is 0 Å². The number of nitrogens with two attached hydrogens (primary N) is 1. The molecule has 2 atom stereocenters. The molecule has 2 N–H and O–H groups in total. The Morgan fingerprint density at radius 2 is 2.32 bits per heavy atom. The molecule has 5 nitrogen and oxygen atoms in total. The minimum atomic E-state index is -0.364. The summed E-state index contributed by atoms with van der Waals surface area (Å²) in [4.78, 5) is 13.2. The summed E-state index contributed by atoms with van der Waals surface area (Å²) < 4.78 is 10.9. The molecule has 0 fully saturated rings. The van der Waals surface area contributed by atoms with Crippen molar-refractivity contribution in [1.82, 2.24) is 4.90 Å². The van der Waals surface area contributed by atoms with Crippen LogP contribution in [-0.4, -0.2) is 30.7 Å². The van der Waals surface area contributed by atoms with Crippen LogP contribution in [0.1, 0.15) is 31.0 Å². The number of carbonyl (C=O) groups is 1. The molecule has 0 aromatic heterocycles. The summed E-state index contributed by atoms with van der Waals surface area (Å²) in [5, 5.41) is 0. The van der Waals surface area contributed by atoms with Crippen LogP contribution in [0.25, 0.3) is 0 Å². The van der Waals surface area contributed by atoms with Gasteiger partial charge in [-0.25, -0.2) is 4.79 Å². The van der Waals surface area contributed by atoms with E-state index in [0.717, 1.165) is 11.1 Å². The Morgan fingerprint density at radius 3 is 3.00 bits per heavy atom. The zero-order chi connectivity index (χ0) is 14.0. The number of ether oxygens (including phenoxy) is 2. The van der Waals surface area contributed by atoms with Crippen molar-refractivity contribution in [3.8, 4) is 5.75 Å². The van der Waals surface area contributed by atoms with Crippen molar-refractivity contribution in [1.29, 1.82) is 0 Å². The number of carbonyl (C=O) groups excluding carboxylic acids is 1. The summed E-state index contributed by atoms with van der Waals surface area (Å²) in [6.07, 6.45) is -0.357. The zero-order valence-electron chi connectivity index (χ0n) is 11.6. The molecule has 19 heavy (non-hydrogen) atoms. The van der Waals surface area contributed by atoms with Crippen LogP contribution in [0.2, 0.25) is 0 Å². The molecule has 0 radical (unpaired) electrons. The van der Waals surface area contributed by atoms with E-state index < -0.39 is 0 Å². The highest BCUT2D eigenvalue weighted by Crippen LogP contribution is 2.30. The van der Waals surface area contributed by atoms with E-state index in [1.54, 1.807) is 13.1 Å². The Balaban J connectivity index is 2.16. The minimum Gasteiger partial charge on any atom is -0.410 e. The molecule has 1 aromatic rings. The van der Waals surface area contributed by atoms with E-state index in [9.17, 15) is 4.79 Å². The quantitative estimate of drug-likeness (QED) is 0.888. The maximum Gasteiger partial charge on any atom is 0.414 e. The fourth-order valence-corrected chi connectivity index (χ4v) is 1.98. The van der Waals surface area contributed by atoms with Gasteiger partial charge in [0.15, 0.2) is 0 Å². The van der Waals surface area contributed by atoms with Crippen molar-refractivity contribution in [2.24, 2.45) is 5.73 Å². The lowest BCUT2D eigenvalue weighted by atomic mass is 9.95. The molecule has 1 heterocycles. The van der Waals surface area contributed by atoms with Crippen LogP contribution < -0.4 is 10.5 Å². The van der Waals surface area contributed by atoms with Gasteiger partial charge in [0.05, 0.1) is 18.8 Å². The summed E-state index contributed by atoms with van der Waals surface area (Å²) in [7, 11) is 1.70. The fraction of sp³-hybridized carbons (Fsp3) is 0.500. The third kappa shape index (κ3) is 2.88. The number of benzene rings is 1. The standard InChI is InChI=1S/C14H20N2O3/c1-4-16(3)14(17)19-11-5-6-12-10(7-11)8-18-9(2)13(12)15/h5-7,9,13H,4,8,15H2,1-3H3/t9-,13?/m1/s1. The van der Waals surface area contributed by atoms with Crippen LogP contribution in [0.5, 0.6) is 5.75 Å². The molecule has 0 aliphatic carbocycles. The highest BCUT2D eigenvalue weighted by molar-refractivity contribution is 5.70. The number of amides is 1. The van der Waals surface area contributed by atoms with E-state index in [2.05, 4.69) is 0 Å². The van der Waals surface area contributed by atoms with Crippen LogP contribution >= 0.6 is 0 Å². The van der Waals surface area contributed by atoms with Crippen molar-refractivity contribution >= 4 is 6.09 Å². The minimum absolute atomic E-state index is 0.00660. The van der Waals surface area contributed by atoms with Crippen molar-refractivity contribution in [3.05, 3.63) is 29.3 Å². The maximum atomic E-state index is 11.7. The number of rotatable bonds is 2. The highest BCUT2D eigenvalue weighted by atomic mass is 16.6. The normalized spacial score (nSPS) is 21.7. The van der Waals surface area contributed by atoms with Crippen molar-refractivity contribution in [2.45, 2.75) is 32.6 Å². The van der Waals surface area contributed by atoms with Gasteiger partial charge in [0.25, 0.3) is 0 Å². The first-order valence-electron chi connectivity index (χ1n) is 6.46. The molecule has 5 heteroatoms. The predicted octanol–water partition coefficient (Wildman–Crippen LogP) is 2.06. The second kappa shape index (κ2) is 5.59. The first-order valence-corrected chi connectivity index (χ1v) is 6.46. The van der Waals surface area contributed by atoms with Gasteiger partial charge in [0, 0.05) is 13.6 Å². The second-order valence-electron chi connectivity index (χ2n) is 4.78. The van der Waals surface area contributed by atoms with Crippen LogP contribution in [-0.2, 0) is 11.3 Å². The molecule has 1 aliphatic rings. The van der Waals surface area contributed by atoms with Crippen LogP contribution in [0.15, 0.2) is 18.2 Å². The molecule has 1 amide bonds. The van der Waals surface area contributed by atoms with Crippen LogP contribution in [0.4, 0.5) is 4.79 Å². The largest absolute Gasteiger partial charge is 0.414 e. The van der Waals surface area contributed by atoms with Gasteiger partial charge in [0.1, 0.15) is 5.75 Å². The lowest BCUT2D eigenvalue weighted by Gasteiger charge is -2.29. The monoisotopic (exact) mass is 264 g/mol. The van der Waals surface area contributed by atoms with E-state index in [1.807, 2.05) is 26.0 Å². The average molecular weight is 264 g/mol. The smallest absolute Gasteiger partial charge is 0.410 e. The first kappa shape index (κ1) is 13.8. The van der Waals surface area contributed by atoms with Gasteiger partial charge in [-0.3, -0.25) is 0 Å². The molecule has 0 saturated heterocycles. The molecular formula is C14H20N2O3. The average Bonchev–Trinajstić information content (AvgIpc) is 2.42. The molecule has 1 aromatic carbocycles. The molecule has 2 rings (SSSR count). The predicted molar refractivity (Wildman–Crippen MR) is 71.9 cm³/mol. The summed E-state index contributed by atoms with van der Waals surface area (Å²) in [6, 6.07) is 5.38. The summed E-state index contributed by atoms with van der Waals surface area (Å²) in [6.45, 7) is 4.95. The molecule has 0 bridgehead atoms. The van der Waals surface area contributed by atoms with Gasteiger partial charge in [-0.1, -0.05) is 6.07 Å². The van der Waals surface area contributed by atoms with Gasteiger partial charge in [-0.2, -0.15) is 0 Å². The number of fused-ring (bicyclic) bond motifs is 1. The molecule has 0 saturated carbocycles. The van der Waals surface area contributed by atoms with Crippen molar-refractivity contribution in [3.63, 3.8) is 0 Å². The maximum absolute atomic E-state index is 11.7. The summed E-state index contributed by atoms with van der Waals surface area (Å²) >= 11 is 0. The number of hydrogen-bond donors (Lipinski definition) is 1. The Labute approximate surface area is 113 Å². The van der Waals surface area contributed by atoms with Crippen molar-refractivity contribution < 1.29 is 14.3 Å². The fourth-order valence-electron chi connectivity index (χ4n) is 1.98. The van der Waals surface area contributed by atoms with Crippen molar-refractivity contribution in [2.75, 3.05) is 13.6 Å². The highest BCUT2D eigenvalue weighted by Gasteiger charge is 2.24. The zero-order valence-corrected chi connectivity index (χ0v) is 11.6. The van der Waals surface area contributed by atoms with E-state index in [4.69, 9.17) is 15.2 Å². The third-order valence-electron chi connectivity index (χ3n) is 3.47. The van der Waals surface area contributed by atoms with E-state index in [0.29, 0.717) is 18.9 Å². The number of nitrogens with zero attached hydrogens (tertiary/aromatic N) is 1. The van der Waals surface area contributed by atoms with Crippen LogP contribution in [0.3, 0.4) is 0 Å². The van der Waals surface area contributed by atoms with Crippen LogP contribution in [0, 0.1) is 0 Å². The lowest BCUT2D eigenvalue weighted by Crippen LogP contribution is -2.32. The van der Waals surface area contributed by atoms with Gasteiger partial charge < -0.3 is 20.1 Å². The Kier molecular flexibility index (Phi) is 4.07. The molecule has 1 aliphatic heterocycles. The van der Waals surface area contributed by atoms with E-state index in [1.165, 1.54) is 4.90 Å². The Morgan fingerprint density at radius 1 is 1.58 bits per heavy atom. The summed E-state index contributed by atoms with van der Waals surface area (Å²) in [5.74, 6) is 0.523. The SMILES string of the molecule is CCN(C)C(=O)Oc1ccc2c(c1)CO[C@H](C)C2N. The van der Waals surface area contributed by atoms with Gasteiger partial charge in [-0.05, 0) is 37.1 Å². The molecule has 0 spiro atoms. The summed E-state index contributed by atoms with van der Waals surface area (Å²) in [5.41, 5.74) is 8.11. The molecule has 104 valence electrons. The third-order valence-corrected chi connectivity index (χ3v) is 3.47. The topological polar surface area (TPSA) is 64.8 Å². The molecule has 1 unspecified atom stereocenters. The van der Waals surface area contributed by atoms with Gasteiger partial charge in [-0.15, -0.1) is 0 Å². The second-order valence-corrected chi connectivity index (χ2v) is 4.78. The Hall–Kier alpha value is -1.59. The lowest BCUT2D eigenvalue weighted by molar-refractivity contribution is 0.0212. The van der Waals surface area contributed by atoms with E-state index in [-0.39, 0.29) is 18.2 Å². The van der Waals surface area contributed by atoms with Gasteiger partial charge >= 0.3 is 6.09 Å². The first-order chi connectivity index (χ1) is 9.02. The van der Waals surface area contributed by atoms with Gasteiger partial charge in [0.2, 0.25) is 0 Å².